The van der Waals surface area contributed by atoms with Crippen LogP contribution >= 0.6 is 0 Å². The monoisotopic (exact) mass is 326 g/mol. The van der Waals surface area contributed by atoms with E-state index < -0.39 is 0 Å². The number of rotatable bonds is 15. The Morgan fingerprint density at radius 1 is 0.458 bits per heavy atom. The van der Waals surface area contributed by atoms with E-state index in [0.717, 1.165) is 6.42 Å². The third-order valence-corrected chi connectivity index (χ3v) is 3.76. The summed E-state index contributed by atoms with van der Waals surface area (Å²) in [6.45, 7) is 4.24. The van der Waals surface area contributed by atoms with Crippen LogP contribution in [0.25, 0.3) is 0 Å². The summed E-state index contributed by atoms with van der Waals surface area (Å²) in [4.78, 5) is 0. The Hall–Kier alpha value is -1.56. The second-order valence-corrected chi connectivity index (χ2v) is 6.04. The van der Waals surface area contributed by atoms with Crippen LogP contribution in [-0.2, 0) is 0 Å². The molecule has 0 N–H and O–H groups in total. The lowest BCUT2D eigenvalue weighted by atomic mass is 10.1. The van der Waals surface area contributed by atoms with E-state index in [-0.39, 0.29) is 0 Å². The van der Waals surface area contributed by atoms with Gasteiger partial charge in [0.25, 0.3) is 0 Å². The lowest BCUT2D eigenvalue weighted by Crippen LogP contribution is -1.80. The van der Waals surface area contributed by atoms with Crippen molar-refractivity contribution in [2.75, 3.05) is 0 Å². The molecule has 0 aromatic rings. The van der Waals surface area contributed by atoms with Gasteiger partial charge in [-0.1, -0.05) is 112 Å². The van der Waals surface area contributed by atoms with Crippen LogP contribution in [-0.4, -0.2) is 0 Å². The largest absolute Gasteiger partial charge is 0.0917 e. The van der Waals surface area contributed by atoms with Crippen molar-refractivity contribution in [1.82, 2.24) is 0 Å². The number of allylic oxidation sites excluding steroid dienone is 12. The zero-order valence-electron chi connectivity index (χ0n) is 16.0. The molecule has 0 aliphatic rings. The topological polar surface area (TPSA) is 0 Å². The fraction of sp³-hybridized carbons (Fsp3) is 0.500. The van der Waals surface area contributed by atoms with Gasteiger partial charge in [0, 0.05) is 0 Å². The molecule has 0 fully saturated rings. The minimum Gasteiger partial charge on any atom is -0.0917 e. The first-order chi connectivity index (χ1) is 11.9. The molecule has 0 unspecified atom stereocenters. The van der Waals surface area contributed by atoms with Crippen LogP contribution < -0.4 is 0 Å². The molecule has 0 amide bonds. The Morgan fingerprint density at radius 3 is 1.38 bits per heavy atom. The fourth-order valence-corrected chi connectivity index (χ4v) is 2.35. The number of unbranched alkanes of at least 4 members (excludes halogenated alkanes) is 8. The van der Waals surface area contributed by atoms with Gasteiger partial charge < -0.3 is 0 Å². The van der Waals surface area contributed by atoms with Gasteiger partial charge in [0.05, 0.1) is 0 Å². The van der Waals surface area contributed by atoms with Gasteiger partial charge in [0.15, 0.2) is 0 Å². The van der Waals surface area contributed by atoms with Crippen molar-refractivity contribution in [3.05, 3.63) is 72.9 Å². The van der Waals surface area contributed by atoms with Crippen molar-refractivity contribution in [1.29, 1.82) is 0 Å². The van der Waals surface area contributed by atoms with Gasteiger partial charge >= 0.3 is 0 Å². The summed E-state index contributed by atoms with van der Waals surface area (Å²) < 4.78 is 0. The molecule has 0 heteroatoms. The molecule has 0 aliphatic carbocycles. The fourth-order valence-electron chi connectivity index (χ4n) is 2.35. The van der Waals surface area contributed by atoms with E-state index in [1.54, 1.807) is 0 Å². The molecule has 24 heavy (non-hydrogen) atoms. The van der Waals surface area contributed by atoms with Crippen molar-refractivity contribution >= 4 is 0 Å². The summed E-state index contributed by atoms with van der Waals surface area (Å²) in [5.74, 6) is 0. The molecule has 0 atom stereocenters. The maximum absolute atomic E-state index is 2.28. The number of hydrogen-bond donors (Lipinski definition) is 0. The molecule has 0 radical (unpaired) electrons. The van der Waals surface area contributed by atoms with Gasteiger partial charge in [-0.2, -0.15) is 0 Å². The average molecular weight is 327 g/mol. The van der Waals surface area contributed by atoms with E-state index >= 15 is 0 Å². The highest BCUT2D eigenvalue weighted by Gasteiger charge is 1.90. The van der Waals surface area contributed by atoms with Gasteiger partial charge in [-0.3, -0.25) is 0 Å². The van der Waals surface area contributed by atoms with Crippen LogP contribution in [0.3, 0.4) is 0 Å². The van der Waals surface area contributed by atoms with Crippen LogP contribution in [0, 0.1) is 0 Å². The van der Waals surface area contributed by atoms with E-state index in [2.05, 4.69) is 86.8 Å². The first-order valence-electron chi connectivity index (χ1n) is 9.84. The lowest BCUT2D eigenvalue weighted by molar-refractivity contribution is 0.583. The average Bonchev–Trinajstić information content (AvgIpc) is 2.60. The highest BCUT2D eigenvalue weighted by molar-refractivity contribution is 5.17. The molecule has 0 heterocycles. The Bertz CT molecular complexity index is 402. The van der Waals surface area contributed by atoms with Crippen LogP contribution in [0.1, 0.15) is 78.1 Å². The van der Waals surface area contributed by atoms with E-state index in [0.29, 0.717) is 0 Å². The zero-order valence-corrected chi connectivity index (χ0v) is 16.0. The van der Waals surface area contributed by atoms with E-state index in [1.807, 2.05) is 0 Å². The molecular weight excluding hydrogens is 288 g/mol. The standard InChI is InChI=1S/C24H38/c1-3-5-7-9-11-13-15-17-19-21-23-24-22-20-18-16-14-12-10-8-6-4-2/h3,5-6,8,10,12,14,16,18,20,22,24H,4,7,9,11,13,15,17,19,21,23H2,1-2H3/b5-3+,8-6+,12-10+,16-14+,20-18+,24-22+. The maximum Gasteiger partial charge on any atom is -0.0348 e. The normalized spacial score (nSPS) is 13.2. The predicted octanol–water partition coefficient (Wildman–Crippen LogP) is 8.26. The van der Waals surface area contributed by atoms with Crippen molar-refractivity contribution in [3.8, 4) is 0 Å². The van der Waals surface area contributed by atoms with Crippen LogP contribution in [0.5, 0.6) is 0 Å². The summed E-state index contributed by atoms with van der Waals surface area (Å²) in [7, 11) is 0. The van der Waals surface area contributed by atoms with E-state index in [9.17, 15) is 0 Å². The summed E-state index contributed by atoms with van der Waals surface area (Å²) in [5.41, 5.74) is 0. The maximum atomic E-state index is 2.28. The first-order valence-corrected chi connectivity index (χ1v) is 9.84. The second-order valence-electron chi connectivity index (χ2n) is 6.04. The molecule has 0 aromatic carbocycles. The van der Waals surface area contributed by atoms with Gasteiger partial charge in [-0.25, -0.2) is 0 Å². The van der Waals surface area contributed by atoms with Crippen molar-refractivity contribution in [2.45, 2.75) is 78.1 Å². The third kappa shape index (κ3) is 20.4. The molecule has 0 spiro atoms. The van der Waals surface area contributed by atoms with Gasteiger partial charge in [0.1, 0.15) is 0 Å². The zero-order chi connectivity index (χ0) is 17.6. The minimum absolute atomic E-state index is 1.09. The smallest absolute Gasteiger partial charge is 0.0348 e. The number of hydrogen-bond acceptors (Lipinski definition) is 0. The molecule has 134 valence electrons. The second kappa shape index (κ2) is 21.4. The van der Waals surface area contributed by atoms with E-state index in [4.69, 9.17) is 0 Å². The highest BCUT2D eigenvalue weighted by Crippen LogP contribution is 2.10. The van der Waals surface area contributed by atoms with Gasteiger partial charge in [-0.15, -0.1) is 0 Å². The lowest BCUT2D eigenvalue weighted by Gasteiger charge is -1.99. The molecule has 0 bridgehead atoms. The van der Waals surface area contributed by atoms with Crippen molar-refractivity contribution in [3.63, 3.8) is 0 Å². The van der Waals surface area contributed by atoms with Crippen molar-refractivity contribution < 1.29 is 0 Å². The first kappa shape index (κ1) is 22.4. The third-order valence-electron chi connectivity index (χ3n) is 3.76. The van der Waals surface area contributed by atoms with Crippen LogP contribution in [0.4, 0.5) is 0 Å². The predicted molar refractivity (Wildman–Crippen MR) is 112 cm³/mol. The van der Waals surface area contributed by atoms with E-state index in [1.165, 1.54) is 57.8 Å². The minimum atomic E-state index is 1.09. The summed E-state index contributed by atoms with van der Waals surface area (Å²) >= 11 is 0. The SMILES string of the molecule is C/C=C/CCCCCCCCC/C=C/C=C/C=C/C=C/C=C/CC. The molecule has 0 aliphatic heterocycles. The Kier molecular flexibility index (Phi) is 20.0. The Balaban J connectivity index is 3.37. The van der Waals surface area contributed by atoms with Crippen LogP contribution in [0.15, 0.2) is 72.9 Å². The summed E-state index contributed by atoms with van der Waals surface area (Å²) in [6, 6.07) is 0. The van der Waals surface area contributed by atoms with Gasteiger partial charge in [-0.05, 0) is 39.0 Å². The van der Waals surface area contributed by atoms with Crippen LogP contribution in [0.2, 0.25) is 0 Å². The van der Waals surface area contributed by atoms with Gasteiger partial charge in [0.2, 0.25) is 0 Å². The summed E-state index contributed by atoms with van der Waals surface area (Å²) in [5, 5.41) is 0. The molecule has 0 saturated carbocycles. The summed E-state index contributed by atoms with van der Waals surface area (Å²) in [6.07, 6.45) is 38.8. The molecular formula is C24H38. The molecule has 0 nitrogen and oxygen atoms in total. The molecule has 0 aromatic heterocycles. The molecule has 0 saturated heterocycles. The Labute approximate surface area is 151 Å². The highest BCUT2D eigenvalue weighted by atomic mass is 14.0. The Morgan fingerprint density at radius 2 is 0.875 bits per heavy atom. The quantitative estimate of drug-likeness (QED) is 0.161. The molecule has 0 rings (SSSR count). The van der Waals surface area contributed by atoms with Crippen molar-refractivity contribution in [2.24, 2.45) is 0 Å².